The monoisotopic (exact) mass is 249 g/mol. The lowest BCUT2D eigenvalue weighted by Gasteiger charge is -2.04. The zero-order chi connectivity index (χ0) is 13.3. The fourth-order valence-electron chi connectivity index (χ4n) is 1.77. The van der Waals surface area contributed by atoms with Crippen LogP contribution in [0.1, 0.15) is 17.3 Å². The molecule has 0 atom stereocenters. The number of fused-ring (bicyclic) bond motifs is 1. The quantitative estimate of drug-likeness (QED) is 0.475. The molecular formula is C13H12FNO3. The van der Waals surface area contributed by atoms with E-state index in [1.54, 1.807) is 30.8 Å². The average Bonchev–Trinajstić information content (AvgIpc) is 2.69. The molecule has 0 aliphatic heterocycles. The second-order valence-corrected chi connectivity index (χ2v) is 3.87. The molecule has 1 heterocycles. The van der Waals surface area contributed by atoms with E-state index in [0.29, 0.717) is 10.9 Å². The molecule has 94 valence electrons. The van der Waals surface area contributed by atoms with Crippen molar-refractivity contribution in [2.45, 2.75) is 6.92 Å². The Bertz CT molecular complexity index is 630. The minimum absolute atomic E-state index is 0.0819. The van der Waals surface area contributed by atoms with Crippen molar-refractivity contribution in [1.82, 2.24) is 4.57 Å². The summed E-state index contributed by atoms with van der Waals surface area (Å²) >= 11 is 0. The first-order valence-electron chi connectivity index (χ1n) is 5.50. The first-order valence-corrected chi connectivity index (χ1v) is 5.50. The van der Waals surface area contributed by atoms with Crippen LogP contribution in [0.4, 0.5) is 4.39 Å². The fourth-order valence-corrected chi connectivity index (χ4v) is 1.77. The van der Waals surface area contributed by atoms with Gasteiger partial charge in [-0.1, -0.05) is 0 Å². The summed E-state index contributed by atoms with van der Waals surface area (Å²) < 4.78 is 20.1. The van der Waals surface area contributed by atoms with Crippen molar-refractivity contribution in [2.24, 2.45) is 7.05 Å². The molecule has 0 saturated carbocycles. The summed E-state index contributed by atoms with van der Waals surface area (Å²) in [6.07, 6.45) is 1.75. The maximum Gasteiger partial charge on any atom is 0.379 e. The Morgan fingerprint density at radius 1 is 1.39 bits per heavy atom. The van der Waals surface area contributed by atoms with Gasteiger partial charge in [0.15, 0.2) is 0 Å². The minimum atomic E-state index is -1.04. The first-order chi connectivity index (χ1) is 8.54. The summed E-state index contributed by atoms with van der Waals surface area (Å²) in [4.78, 5) is 23.0. The molecule has 1 aromatic heterocycles. The summed E-state index contributed by atoms with van der Waals surface area (Å²) in [5.74, 6) is -2.71. The smallest absolute Gasteiger partial charge is 0.379 e. The van der Waals surface area contributed by atoms with E-state index in [2.05, 4.69) is 4.74 Å². The van der Waals surface area contributed by atoms with E-state index in [9.17, 15) is 14.0 Å². The fraction of sp³-hybridized carbons (Fsp3) is 0.231. The summed E-state index contributed by atoms with van der Waals surface area (Å²) in [6, 6.07) is 4.34. The molecule has 0 aliphatic rings. The van der Waals surface area contributed by atoms with Crippen LogP contribution < -0.4 is 0 Å². The van der Waals surface area contributed by atoms with Gasteiger partial charge in [0.05, 0.1) is 12.2 Å². The number of hydrogen-bond donors (Lipinski definition) is 0. The molecule has 4 nitrogen and oxygen atoms in total. The number of benzene rings is 1. The Morgan fingerprint density at radius 3 is 2.78 bits per heavy atom. The second kappa shape index (κ2) is 4.60. The summed E-state index contributed by atoms with van der Waals surface area (Å²) in [7, 11) is 1.78. The standard InChI is InChI=1S/C13H12FNO3/c1-3-18-13(17)12(16)9-7-11-8(6-10(9)14)4-5-15(11)2/h4-7H,3H2,1-2H3. The largest absolute Gasteiger partial charge is 0.460 e. The normalized spacial score (nSPS) is 10.6. The Labute approximate surface area is 103 Å². The predicted molar refractivity (Wildman–Crippen MR) is 63.8 cm³/mol. The van der Waals surface area contributed by atoms with Crippen LogP contribution in [0.5, 0.6) is 0 Å². The van der Waals surface area contributed by atoms with Gasteiger partial charge in [-0.2, -0.15) is 0 Å². The van der Waals surface area contributed by atoms with Gasteiger partial charge in [0.25, 0.3) is 5.78 Å². The van der Waals surface area contributed by atoms with Crippen molar-refractivity contribution >= 4 is 22.7 Å². The molecule has 5 heteroatoms. The molecule has 2 aromatic rings. The Kier molecular flexibility index (Phi) is 3.14. The number of ether oxygens (including phenoxy) is 1. The summed E-state index contributed by atoms with van der Waals surface area (Å²) in [5, 5.41) is 0.676. The Hall–Kier alpha value is -2.17. The molecule has 2 rings (SSSR count). The SMILES string of the molecule is CCOC(=O)C(=O)c1cc2c(ccn2C)cc1F. The van der Waals surface area contributed by atoms with Crippen molar-refractivity contribution in [3.8, 4) is 0 Å². The van der Waals surface area contributed by atoms with Crippen molar-refractivity contribution in [3.63, 3.8) is 0 Å². The van der Waals surface area contributed by atoms with Crippen LogP contribution in [0.3, 0.4) is 0 Å². The third kappa shape index (κ3) is 1.99. The van der Waals surface area contributed by atoms with E-state index in [1.165, 1.54) is 12.1 Å². The number of nitrogens with zero attached hydrogens (tertiary/aromatic N) is 1. The van der Waals surface area contributed by atoms with Gasteiger partial charge in [-0.25, -0.2) is 9.18 Å². The van der Waals surface area contributed by atoms with Crippen LogP contribution >= 0.6 is 0 Å². The second-order valence-electron chi connectivity index (χ2n) is 3.87. The number of aromatic nitrogens is 1. The van der Waals surface area contributed by atoms with Gasteiger partial charge in [0, 0.05) is 24.1 Å². The molecule has 0 spiro atoms. The molecule has 0 radical (unpaired) electrons. The van der Waals surface area contributed by atoms with E-state index in [0.717, 1.165) is 0 Å². The van der Waals surface area contributed by atoms with Crippen LogP contribution in [0.15, 0.2) is 24.4 Å². The molecule has 0 fully saturated rings. The highest BCUT2D eigenvalue weighted by Gasteiger charge is 2.22. The Morgan fingerprint density at radius 2 is 2.11 bits per heavy atom. The van der Waals surface area contributed by atoms with Crippen LogP contribution in [0.2, 0.25) is 0 Å². The van der Waals surface area contributed by atoms with Crippen LogP contribution in [0.25, 0.3) is 10.9 Å². The highest BCUT2D eigenvalue weighted by molar-refractivity contribution is 6.41. The number of ketones is 1. The lowest BCUT2D eigenvalue weighted by Crippen LogP contribution is -2.18. The van der Waals surface area contributed by atoms with Gasteiger partial charge in [0.2, 0.25) is 0 Å². The van der Waals surface area contributed by atoms with E-state index < -0.39 is 17.6 Å². The number of hydrogen-bond acceptors (Lipinski definition) is 3. The average molecular weight is 249 g/mol. The van der Waals surface area contributed by atoms with E-state index >= 15 is 0 Å². The lowest BCUT2D eigenvalue weighted by atomic mass is 10.1. The molecule has 0 bridgehead atoms. The number of carbonyl (C=O) groups excluding carboxylic acids is 2. The topological polar surface area (TPSA) is 48.3 Å². The Balaban J connectivity index is 2.50. The summed E-state index contributed by atoms with van der Waals surface area (Å²) in [6.45, 7) is 1.67. The maximum absolute atomic E-state index is 13.7. The molecule has 0 N–H and O–H groups in total. The molecular weight excluding hydrogens is 237 g/mol. The highest BCUT2D eigenvalue weighted by Crippen LogP contribution is 2.20. The molecule has 0 amide bonds. The van der Waals surface area contributed by atoms with Crippen LogP contribution in [0, 0.1) is 5.82 Å². The molecule has 18 heavy (non-hydrogen) atoms. The van der Waals surface area contributed by atoms with Crippen molar-refractivity contribution in [2.75, 3.05) is 6.61 Å². The minimum Gasteiger partial charge on any atom is -0.460 e. The summed E-state index contributed by atoms with van der Waals surface area (Å²) in [5.41, 5.74) is 0.423. The van der Waals surface area contributed by atoms with Gasteiger partial charge in [-0.15, -0.1) is 0 Å². The molecule has 0 saturated heterocycles. The lowest BCUT2D eigenvalue weighted by molar-refractivity contribution is -0.137. The number of halogens is 1. The third-order valence-corrected chi connectivity index (χ3v) is 2.68. The van der Waals surface area contributed by atoms with Crippen molar-refractivity contribution in [1.29, 1.82) is 0 Å². The number of aryl methyl sites for hydroxylation is 1. The van der Waals surface area contributed by atoms with Crippen LogP contribution in [-0.4, -0.2) is 22.9 Å². The van der Waals surface area contributed by atoms with E-state index in [-0.39, 0.29) is 12.2 Å². The van der Waals surface area contributed by atoms with Gasteiger partial charge in [0.1, 0.15) is 5.82 Å². The van der Waals surface area contributed by atoms with Crippen molar-refractivity contribution < 1.29 is 18.7 Å². The number of rotatable bonds is 3. The number of esters is 1. The first kappa shape index (κ1) is 12.3. The van der Waals surface area contributed by atoms with Crippen LogP contribution in [-0.2, 0) is 16.6 Å². The molecule has 1 aromatic carbocycles. The predicted octanol–water partition coefficient (Wildman–Crippen LogP) is 2.06. The van der Waals surface area contributed by atoms with Gasteiger partial charge in [-0.05, 0) is 25.1 Å². The van der Waals surface area contributed by atoms with E-state index in [4.69, 9.17) is 0 Å². The third-order valence-electron chi connectivity index (χ3n) is 2.68. The highest BCUT2D eigenvalue weighted by atomic mass is 19.1. The zero-order valence-electron chi connectivity index (χ0n) is 10.1. The van der Waals surface area contributed by atoms with Gasteiger partial charge < -0.3 is 9.30 Å². The zero-order valence-corrected chi connectivity index (χ0v) is 10.1. The maximum atomic E-state index is 13.7. The number of carbonyl (C=O) groups is 2. The number of Topliss-reactive ketones (excluding diaryl/α,β-unsaturated/α-hetero) is 1. The van der Waals surface area contributed by atoms with Gasteiger partial charge >= 0.3 is 5.97 Å². The van der Waals surface area contributed by atoms with Crippen molar-refractivity contribution in [3.05, 3.63) is 35.8 Å². The van der Waals surface area contributed by atoms with Gasteiger partial charge in [-0.3, -0.25) is 4.79 Å². The molecule has 0 unspecified atom stereocenters. The molecule has 0 aliphatic carbocycles. The van der Waals surface area contributed by atoms with E-state index in [1.807, 2.05) is 0 Å².